The van der Waals surface area contributed by atoms with Crippen LogP contribution >= 0.6 is 11.3 Å². The molecule has 0 atom stereocenters. The molecule has 3 aromatic rings. The summed E-state index contributed by atoms with van der Waals surface area (Å²) in [6, 6.07) is 14.9. The minimum Gasteiger partial charge on any atom is -0.495 e. The van der Waals surface area contributed by atoms with E-state index < -0.39 is 0 Å². The zero-order valence-electron chi connectivity index (χ0n) is 11.4. The Labute approximate surface area is 126 Å². The summed E-state index contributed by atoms with van der Waals surface area (Å²) in [7, 11) is 1.56. The van der Waals surface area contributed by atoms with Crippen LogP contribution in [-0.4, -0.2) is 13.0 Å². The first-order valence-corrected chi connectivity index (χ1v) is 7.22. The summed E-state index contributed by atoms with van der Waals surface area (Å²) >= 11 is 1.46. The highest BCUT2D eigenvalue weighted by molar-refractivity contribution is 7.20. The second kappa shape index (κ2) is 5.46. The number of hydrogen-bond donors (Lipinski definition) is 2. The third-order valence-corrected chi connectivity index (χ3v) is 4.24. The van der Waals surface area contributed by atoms with Crippen molar-refractivity contribution >= 4 is 38.7 Å². The van der Waals surface area contributed by atoms with Crippen molar-refractivity contribution in [2.75, 3.05) is 18.2 Å². The smallest absolute Gasteiger partial charge is 0.265 e. The lowest BCUT2D eigenvalue weighted by Gasteiger charge is -2.10. The molecule has 21 heavy (non-hydrogen) atoms. The van der Waals surface area contributed by atoms with Gasteiger partial charge in [0.15, 0.2) is 0 Å². The lowest BCUT2D eigenvalue weighted by molar-refractivity contribution is 0.103. The molecule has 3 N–H and O–H groups in total. The van der Waals surface area contributed by atoms with E-state index in [1.165, 1.54) is 11.3 Å². The number of methoxy groups -OCH3 is 1. The van der Waals surface area contributed by atoms with Crippen molar-refractivity contribution in [1.82, 2.24) is 0 Å². The van der Waals surface area contributed by atoms with E-state index in [9.17, 15) is 4.79 Å². The maximum Gasteiger partial charge on any atom is 0.265 e. The summed E-state index contributed by atoms with van der Waals surface area (Å²) in [5, 5.41) is 3.91. The Hall–Kier alpha value is -2.53. The lowest BCUT2D eigenvalue weighted by Crippen LogP contribution is -2.11. The van der Waals surface area contributed by atoms with Gasteiger partial charge >= 0.3 is 0 Å². The van der Waals surface area contributed by atoms with Crippen molar-refractivity contribution in [3.8, 4) is 5.75 Å². The summed E-state index contributed by atoms with van der Waals surface area (Å²) < 4.78 is 6.31. The third-order valence-electron chi connectivity index (χ3n) is 3.12. The molecular weight excluding hydrogens is 284 g/mol. The van der Waals surface area contributed by atoms with E-state index in [-0.39, 0.29) is 5.91 Å². The molecule has 0 aliphatic carbocycles. The molecule has 1 amide bonds. The Morgan fingerprint density at radius 2 is 2.00 bits per heavy atom. The molecule has 5 heteroatoms. The van der Waals surface area contributed by atoms with Gasteiger partial charge < -0.3 is 15.8 Å². The van der Waals surface area contributed by atoms with Crippen molar-refractivity contribution in [2.24, 2.45) is 0 Å². The minimum absolute atomic E-state index is 0.167. The molecule has 0 saturated heterocycles. The largest absolute Gasteiger partial charge is 0.495 e. The van der Waals surface area contributed by atoms with Gasteiger partial charge in [-0.2, -0.15) is 0 Å². The zero-order valence-corrected chi connectivity index (χ0v) is 12.2. The summed E-state index contributed by atoms with van der Waals surface area (Å²) in [5.74, 6) is 0.416. The standard InChI is InChI=1S/C16H14N2O2S/c1-20-13-7-6-11(17)9-12(13)18-16(19)15-8-10-4-2-3-5-14(10)21-15/h2-9H,17H2,1H3,(H,18,19). The van der Waals surface area contributed by atoms with E-state index in [1.807, 2.05) is 30.3 Å². The molecule has 1 heterocycles. The average Bonchev–Trinajstić information content (AvgIpc) is 2.91. The average molecular weight is 298 g/mol. The summed E-state index contributed by atoms with van der Waals surface area (Å²) in [6.45, 7) is 0. The second-order valence-electron chi connectivity index (χ2n) is 4.56. The maximum atomic E-state index is 12.4. The van der Waals surface area contributed by atoms with Gasteiger partial charge in [-0.3, -0.25) is 4.79 Å². The van der Waals surface area contributed by atoms with Crippen LogP contribution in [0.1, 0.15) is 9.67 Å². The number of amides is 1. The number of nitrogens with one attached hydrogen (secondary N) is 1. The molecule has 0 saturated carbocycles. The molecule has 0 aliphatic heterocycles. The Kier molecular flexibility index (Phi) is 3.50. The molecule has 0 bridgehead atoms. The maximum absolute atomic E-state index is 12.4. The van der Waals surface area contributed by atoms with Gasteiger partial charge in [0.2, 0.25) is 0 Å². The van der Waals surface area contributed by atoms with Gasteiger partial charge in [-0.1, -0.05) is 18.2 Å². The number of ether oxygens (including phenoxy) is 1. The van der Waals surface area contributed by atoms with Crippen molar-refractivity contribution in [3.63, 3.8) is 0 Å². The normalized spacial score (nSPS) is 10.5. The lowest BCUT2D eigenvalue weighted by atomic mass is 10.2. The number of carbonyl (C=O) groups is 1. The van der Waals surface area contributed by atoms with Crippen LogP contribution in [0.15, 0.2) is 48.5 Å². The van der Waals surface area contributed by atoms with Crippen LogP contribution in [0.2, 0.25) is 0 Å². The number of fused-ring (bicyclic) bond motifs is 1. The summed E-state index contributed by atoms with van der Waals surface area (Å²) in [5.41, 5.74) is 6.89. The number of carbonyl (C=O) groups excluding carboxylic acids is 1. The van der Waals surface area contributed by atoms with Crippen LogP contribution in [-0.2, 0) is 0 Å². The Balaban J connectivity index is 1.91. The van der Waals surface area contributed by atoms with Gasteiger partial charge in [0.05, 0.1) is 17.7 Å². The predicted molar refractivity (Wildman–Crippen MR) is 87.2 cm³/mol. The van der Waals surface area contributed by atoms with Crippen molar-refractivity contribution in [1.29, 1.82) is 0 Å². The van der Waals surface area contributed by atoms with Gasteiger partial charge in [-0.05, 0) is 35.7 Å². The van der Waals surface area contributed by atoms with E-state index in [2.05, 4.69) is 5.32 Å². The van der Waals surface area contributed by atoms with Crippen LogP contribution in [0.4, 0.5) is 11.4 Å². The van der Waals surface area contributed by atoms with Gasteiger partial charge in [-0.25, -0.2) is 0 Å². The molecule has 106 valence electrons. The number of nitrogens with two attached hydrogens (primary N) is 1. The first-order valence-electron chi connectivity index (χ1n) is 6.41. The zero-order chi connectivity index (χ0) is 14.8. The molecule has 4 nitrogen and oxygen atoms in total. The summed E-state index contributed by atoms with van der Waals surface area (Å²) in [6.07, 6.45) is 0. The van der Waals surface area contributed by atoms with Gasteiger partial charge in [0.1, 0.15) is 5.75 Å². The minimum atomic E-state index is -0.167. The number of rotatable bonds is 3. The first-order chi connectivity index (χ1) is 10.2. The van der Waals surface area contributed by atoms with Crippen LogP contribution in [0.25, 0.3) is 10.1 Å². The fourth-order valence-corrected chi connectivity index (χ4v) is 3.06. The second-order valence-corrected chi connectivity index (χ2v) is 5.65. The molecule has 2 aromatic carbocycles. The van der Waals surface area contributed by atoms with Crippen LogP contribution < -0.4 is 15.8 Å². The van der Waals surface area contributed by atoms with Crippen LogP contribution in [0, 0.1) is 0 Å². The molecule has 0 radical (unpaired) electrons. The summed E-state index contributed by atoms with van der Waals surface area (Å²) in [4.78, 5) is 13.0. The number of hydrogen-bond acceptors (Lipinski definition) is 4. The molecule has 0 aliphatic rings. The van der Waals surface area contributed by atoms with E-state index in [0.717, 1.165) is 10.1 Å². The van der Waals surface area contributed by atoms with E-state index in [1.54, 1.807) is 25.3 Å². The molecule has 0 unspecified atom stereocenters. The highest BCUT2D eigenvalue weighted by Crippen LogP contribution is 2.29. The molecule has 3 rings (SSSR count). The van der Waals surface area contributed by atoms with Crippen molar-refractivity contribution in [2.45, 2.75) is 0 Å². The van der Waals surface area contributed by atoms with E-state index in [0.29, 0.717) is 22.0 Å². The van der Waals surface area contributed by atoms with Gasteiger partial charge in [-0.15, -0.1) is 11.3 Å². The van der Waals surface area contributed by atoms with Crippen LogP contribution in [0.3, 0.4) is 0 Å². The number of anilines is 2. The highest BCUT2D eigenvalue weighted by Gasteiger charge is 2.13. The molecular formula is C16H14N2O2S. The monoisotopic (exact) mass is 298 g/mol. The topological polar surface area (TPSA) is 64.3 Å². The van der Waals surface area contributed by atoms with Crippen molar-refractivity contribution in [3.05, 3.63) is 53.4 Å². The fraction of sp³-hybridized carbons (Fsp3) is 0.0625. The number of benzene rings is 2. The number of thiophene rings is 1. The molecule has 0 spiro atoms. The predicted octanol–water partition coefficient (Wildman–Crippen LogP) is 3.74. The van der Waals surface area contributed by atoms with Gasteiger partial charge in [0.25, 0.3) is 5.91 Å². The fourth-order valence-electron chi connectivity index (χ4n) is 2.10. The first kappa shape index (κ1) is 13.5. The van der Waals surface area contributed by atoms with E-state index in [4.69, 9.17) is 10.5 Å². The molecule has 1 aromatic heterocycles. The van der Waals surface area contributed by atoms with Crippen LogP contribution in [0.5, 0.6) is 5.75 Å². The Morgan fingerprint density at radius 3 is 2.76 bits per heavy atom. The number of nitrogen functional groups attached to an aromatic ring is 1. The third kappa shape index (κ3) is 2.68. The quantitative estimate of drug-likeness (QED) is 0.724. The Bertz CT molecular complexity index is 778. The Morgan fingerprint density at radius 1 is 1.19 bits per heavy atom. The van der Waals surface area contributed by atoms with E-state index >= 15 is 0 Å². The van der Waals surface area contributed by atoms with Gasteiger partial charge in [0, 0.05) is 10.4 Å². The van der Waals surface area contributed by atoms with Crippen molar-refractivity contribution < 1.29 is 9.53 Å². The molecule has 0 fully saturated rings. The SMILES string of the molecule is COc1ccc(N)cc1NC(=O)c1cc2ccccc2s1. The highest BCUT2D eigenvalue weighted by atomic mass is 32.1.